The maximum absolute atomic E-state index is 6.74. The third kappa shape index (κ3) is 2.78. The fourth-order valence-corrected chi connectivity index (χ4v) is 8.18. The molecule has 1 aliphatic heterocycles. The summed E-state index contributed by atoms with van der Waals surface area (Å²) in [6, 6.07) is 28.7. The van der Waals surface area contributed by atoms with Crippen molar-refractivity contribution in [2.24, 2.45) is 5.92 Å². The molecule has 3 unspecified atom stereocenters. The topological polar surface area (TPSA) is 31.6 Å². The SMILES string of the molecule is CC1(C)OB(c2cccc3c2C2(c4ccccc4-c4c2ccc2c4oc4ccccc42)C2C=CC=CC32)OC1(C)C. The minimum Gasteiger partial charge on any atom is -0.455 e. The molecule has 1 fully saturated rings. The fraction of sp³-hybridized carbons (Fsp3) is 0.243. The zero-order valence-electron chi connectivity index (χ0n) is 23.8. The van der Waals surface area contributed by atoms with Crippen molar-refractivity contribution in [3.63, 3.8) is 0 Å². The van der Waals surface area contributed by atoms with E-state index in [1.54, 1.807) is 0 Å². The van der Waals surface area contributed by atoms with Crippen LogP contribution in [0.1, 0.15) is 55.9 Å². The molecular weight excluding hydrogens is 503 g/mol. The Morgan fingerprint density at radius 2 is 1.44 bits per heavy atom. The van der Waals surface area contributed by atoms with Crippen LogP contribution in [-0.2, 0) is 14.7 Å². The fourth-order valence-electron chi connectivity index (χ4n) is 8.18. The Labute approximate surface area is 240 Å². The Kier molecular flexibility index (Phi) is 4.47. The number of para-hydroxylation sites is 1. The molecule has 3 atom stereocenters. The summed E-state index contributed by atoms with van der Waals surface area (Å²) in [5.41, 5.74) is 9.57. The number of fused-ring (bicyclic) bond motifs is 14. The van der Waals surface area contributed by atoms with E-state index >= 15 is 0 Å². The summed E-state index contributed by atoms with van der Waals surface area (Å²) in [6.07, 6.45) is 9.24. The molecule has 4 heteroatoms. The normalized spacial score (nSPS) is 26.1. The highest BCUT2D eigenvalue weighted by atomic mass is 16.7. The van der Waals surface area contributed by atoms with Crippen molar-refractivity contribution in [2.75, 3.05) is 0 Å². The van der Waals surface area contributed by atoms with Gasteiger partial charge >= 0.3 is 7.12 Å². The first-order valence-electron chi connectivity index (χ1n) is 14.7. The first-order valence-corrected chi connectivity index (χ1v) is 14.7. The molecule has 9 rings (SSSR count). The number of allylic oxidation sites excluding steroid dienone is 4. The number of hydrogen-bond donors (Lipinski definition) is 0. The van der Waals surface area contributed by atoms with Crippen LogP contribution in [0.4, 0.5) is 0 Å². The van der Waals surface area contributed by atoms with Crippen molar-refractivity contribution in [2.45, 2.75) is 50.2 Å². The van der Waals surface area contributed by atoms with Gasteiger partial charge in [0.2, 0.25) is 0 Å². The van der Waals surface area contributed by atoms with Crippen LogP contribution in [0.15, 0.2) is 108 Å². The van der Waals surface area contributed by atoms with Gasteiger partial charge in [0.05, 0.1) is 16.6 Å². The average molecular weight is 534 g/mol. The predicted octanol–water partition coefficient (Wildman–Crippen LogP) is 8.04. The maximum Gasteiger partial charge on any atom is 0.495 e. The van der Waals surface area contributed by atoms with Gasteiger partial charge in [0.15, 0.2) is 0 Å². The van der Waals surface area contributed by atoms with Crippen molar-refractivity contribution in [3.05, 3.63) is 125 Å². The molecule has 0 saturated carbocycles. The molecule has 1 spiro atoms. The molecule has 3 nitrogen and oxygen atoms in total. The molecule has 0 N–H and O–H groups in total. The summed E-state index contributed by atoms with van der Waals surface area (Å²) in [4.78, 5) is 0. The van der Waals surface area contributed by atoms with Gasteiger partial charge in [-0.1, -0.05) is 97.1 Å². The molecule has 4 aliphatic rings. The van der Waals surface area contributed by atoms with Gasteiger partial charge in [0.1, 0.15) is 11.2 Å². The predicted molar refractivity (Wildman–Crippen MR) is 166 cm³/mol. The van der Waals surface area contributed by atoms with Crippen molar-refractivity contribution in [1.82, 2.24) is 0 Å². The lowest BCUT2D eigenvalue weighted by atomic mass is 9.61. The third-order valence-corrected chi connectivity index (χ3v) is 10.6. The minimum absolute atomic E-state index is 0.218. The standard InChI is InChI=1S/C37H31BO3/c1-35(2)36(3,4)41-38(40-35)30-18-11-15-24-22-12-5-8-16-27(22)37(33(24)30)28-17-9-6-14-26(28)32-29(37)21-20-25-23-13-7-10-19-31(23)39-34(25)32/h5-22,27H,1-4H3. The molecule has 0 amide bonds. The van der Waals surface area contributed by atoms with E-state index in [0.29, 0.717) is 0 Å². The largest absolute Gasteiger partial charge is 0.495 e. The lowest BCUT2D eigenvalue weighted by molar-refractivity contribution is 0.00578. The summed E-state index contributed by atoms with van der Waals surface area (Å²) in [5, 5.41) is 2.33. The summed E-state index contributed by atoms with van der Waals surface area (Å²) >= 11 is 0. The van der Waals surface area contributed by atoms with Gasteiger partial charge in [-0.25, -0.2) is 0 Å². The van der Waals surface area contributed by atoms with E-state index in [0.717, 1.165) is 22.0 Å². The molecule has 3 aliphatic carbocycles. The Balaban J connectivity index is 1.41. The van der Waals surface area contributed by atoms with Crippen molar-refractivity contribution < 1.29 is 13.7 Å². The highest BCUT2D eigenvalue weighted by Crippen LogP contribution is 2.66. The molecule has 0 bridgehead atoms. The number of benzene rings is 4. The highest BCUT2D eigenvalue weighted by molar-refractivity contribution is 6.63. The van der Waals surface area contributed by atoms with E-state index in [1.165, 1.54) is 38.8 Å². The van der Waals surface area contributed by atoms with E-state index in [1.807, 2.05) is 6.07 Å². The molecule has 2 heterocycles. The van der Waals surface area contributed by atoms with Crippen LogP contribution in [0.2, 0.25) is 0 Å². The summed E-state index contributed by atoms with van der Waals surface area (Å²) in [5.74, 6) is 0.470. The van der Waals surface area contributed by atoms with Crippen LogP contribution in [0.3, 0.4) is 0 Å². The highest BCUT2D eigenvalue weighted by Gasteiger charge is 2.61. The van der Waals surface area contributed by atoms with Gasteiger partial charge < -0.3 is 13.7 Å². The van der Waals surface area contributed by atoms with E-state index in [4.69, 9.17) is 13.7 Å². The smallest absolute Gasteiger partial charge is 0.455 e. The Hall–Kier alpha value is -3.86. The number of hydrogen-bond acceptors (Lipinski definition) is 3. The summed E-state index contributed by atoms with van der Waals surface area (Å²) in [7, 11) is -0.453. The summed E-state index contributed by atoms with van der Waals surface area (Å²) in [6.45, 7) is 8.54. The molecule has 0 radical (unpaired) electrons. The van der Waals surface area contributed by atoms with Crippen LogP contribution in [0.5, 0.6) is 0 Å². The van der Waals surface area contributed by atoms with Gasteiger partial charge in [-0.2, -0.15) is 0 Å². The van der Waals surface area contributed by atoms with Crippen molar-refractivity contribution >= 4 is 34.5 Å². The zero-order chi connectivity index (χ0) is 27.7. The van der Waals surface area contributed by atoms with Crippen LogP contribution in [0.25, 0.3) is 33.1 Å². The van der Waals surface area contributed by atoms with Crippen LogP contribution < -0.4 is 5.46 Å². The zero-order valence-corrected chi connectivity index (χ0v) is 23.8. The Bertz CT molecular complexity index is 1980. The van der Waals surface area contributed by atoms with E-state index in [-0.39, 0.29) is 11.8 Å². The maximum atomic E-state index is 6.74. The first-order chi connectivity index (χ1) is 19.8. The molecular formula is C37H31BO3. The molecule has 1 saturated heterocycles. The second-order valence-corrected chi connectivity index (χ2v) is 13.0. The first kappa shape index (κ1) is 23.8. The quantitative estimate of drug-likeness (QED) is 0.204. The number of rotatable bonds is 1. The van der Waals surface area contributed by atoms with E-state index in [9.17, 15) is 0 Å². The van der Waals surface area contributed by atoms with E-state index < -0.39 is 23.7 Å². The van der Waals surface area contributed by atoms with Crippen LogP contribution in [-0.4, -0.2) is 18.3 Å². The van der Waals surface area contributed by atoms with Gasteiger partial charge in [-0.15, -0.1) is 0 Å². The van der Waals surface area contributed by atoms with Crippen molar-refractivity contribution in [3.8, 4) is 11.1 Å². The van der Waals surface area contributed by atoms with Gasteiger partial charge in [-0.05, 0) is 67.0 Å². The molecule has 5 aromatic rings. The lowest BCUT2D eigenvalue weighted by Gasteiger charge is -2.37. The molecule has 1 aromatic heterocycles. The summed E-state index contributed by atoms with van der Waals surface area (Å²) < 4.78 is 20.2. The second kappa shape index (κ2) is 7.70. The Morgan fingerprint density at radius 3 is 2.29 bits per heavy atom. The average Bonchev–Trinajstić information content (AvgIpc) is 3.65. The number of furan rings is 1. The molecule has 41 heavy (non-hydrogen) atoms. The Morgan fingerprint density at radius 1 is 0.683 bits per heavy atom. The molecule has 200 valence electrons. The minimum atomic E-state index is -0.453. The van der Waals surface area contributed by atoms with Crippen LogP contribution in [0, 0.1) is 5.92 Å². The van der Waals surface area contributed by atoms with Gasteiger partial charge in [-0.3, -0.25) is 0 Å². The third-order valence-electron chi connectivity index (χ3n) is 10.6. The van der Waals surface area contributed by atoms with Crippen LogP contribution >= 0.6 is 0 Å². The van der Waals surface area contributed by atoms with E-state index in [2.05, 4.69) is 125 Å². The molecule has 4 aromatic carbocycles. The van der Waals surface area contributed by atoms with Crippen molar-refractivity contribution in [1.29, 1.82) is 0 Å². The second-order valence-electron chi connectivity index (χ2n) is 13.0. The lowest BCUT2D eigenvalue weighted by Crippen LogP contribution is -2.43. The van der Waals surface area contributed by atoms with Gasteiger partial charge in [0, 0.05) is 28.2 Å². The van der Waals surface area contributed by atoms with Gasteiger partial charge in [0.25, 0.3) is 0 Å². The monoisotopic (exact) mass is 534 g/mol.